The number of carbonyl (C=O) groups is 1. The van der Waals surface area contributed by atoms with Gasteiger partial charge in [0, 0.05) is 20.2 Å². The molecule has 0 bridgehead atoms. The molecule has 0 radical (unpaired) electrons. The van der Waals surface area contributed by atoms with Gasteiger partial charge in [0.25, 0.3) is 5.91 Å². The molecule has 4 heteroatoms. The van der Waals surface area contributed by atoms with Gasteiger partial charge in [-0.3, -0.25) is 4.79 Å². The molecule has 0 aromatic heterocycles. The van der Waals surface area contributed by atoms with E-state index in [1.165, 1.54) is 17.5 Å². The van der Waals surface area contributed by atoms with Gasteiger partial charge in [-0.1, -0.05) is 24.3 Å². The van der Waals surface area contributed by atoms with Gasteiger partial charge in [0.1, 0.15) is 6.10 Å². The van der Waals surface area contributed by atoms with E-state index in [1.54, 1.807) is 4.90 Å². The molecular formula is C18H27NO3. The number of hydrogen-bond donors (Lipinski definition) is 0. The Morgan fingerprint density at radius 3 is 2.86 bits per heavy atom. The third kappa shape index (κ3) is 4.82. The van der Waals surface area contributed by atoms with Crippen molar-refractivity contribution in [1.29, 1.82) is 0 Å². The van der Waals surface area contributed by atoms with Crippen LogP contribution in [-0.4, -0.2) is 43.3 Å². The fraction of sp³-hybridized carbons (Fsp3) is 0.611. The predicted octanol–water partition coefficient (Wildman–Crippen LogP) is 2.93. The fourth-order valence-corrected chi connectivity index (χ4v) is 2.69. The first-order valence-electron chi connectivity index (χ1n) is 8.10. The van der Waals surface area contributed by atoms with Crippen LogP contribution >= 0.6 is 0 Å². The van der Waals surface area contributed by atoms with E-state index in [2.05, 4.69) is 19.1 Å². The summed E-state index contributed by atoms with van der Waals surface area (Å²) in [5.74, 6) is 0.0130. The van der Waals surface area contributed by atoms with E-state index < -0.39 is 6.10 Å². The summed E-state index contributed by atoms with van der Waals surface area (Å²) in [6, 6.07) is 8.13. The van der Waals surface area contributed by atoms with Crippen molar-refractivity contribution in [3.63, 3.8) is 0 Å². The molecule has 1 aromatic rings. The Labute approximate surface area is 133 Å². The zero-order chi connectivity index (χ0) is 15.9. The lowest BCUT2D eigenvalue weighted by atomic mass is 10.1. The summed E-state index contributed by atoms with van der Waals surface area (Å²) in [4.78, 5) is 14.1. The molecule has 1 fully saturated rings. The van der Waals surface area contributed by atoms with E-state index in [-0.39, 0.29) is 12.0 Å². The van der Waals surface area contributed by atoms with Crippen LogP contribution in [0.2, 0.25) is 0 Å². The molecule has 2 rings (SSSR count). The highest BCUT2D eigenvalue weighted by Crippen LogP contribution is 2.14. The summed E-state index contributed by atoms with van der Waals surface area (Å²) in [6.07, 6.45) is 3.05. The number of benzene rings is 1. The summed E-state index contributed by atoms with van der Waals surface area (Å²) in [6.45, 7) is 5.81. The largest absolute Gasteiger partial charge is 0.376 e. The number of rotatable bonds is 6. The molecule has 1 aliphatic heterocycles. The summed E-state index contributed by atoms with van der Waals surface area (Å²) >= 11 is 0. The third-order valence-electron chi connectivity index (χ3n) is 4.20. The van der Waals surface area contributed by atoms with Crippen molar-refractivity contribution in [2.75, 3.05) is 20.3 Å². The van der Waals surface area contributed by atoms with Crippen molar-refractivity contribution in [2.24, 2.45) is 0 Å². The van der Waals surface area contributed by atoms with Crippen molar-refractivity contribution in [2.45, 2.75) is 51.9 Å². The molecule has 122 valence electrons. The van der Waals surface area contributed by atoms with Crippen molar-refractivity contribution < 1.29 is 14.3 Å². The molecule has 1 saturated heterocycles. The minimum atomic E-state index is -0.431. The lowest BCUT2D eigenvalue weighted by molar-refractivity contribution is -0.145. The number of hydrogen-bond acceptors (Lipinski definition) is 3. The first-order valence-corrected chi connectivity index (χ1v) is 8.10. The number of amides is 1. The Morgan fingerprint density at radius 1 is 1.41 bits per heavy atom. The van der Waals surface area contributed by atoms with Gasteiger partial charge >= 0.3 is 0 Å². The van der Waals surface area contributed by atoms with E-state index in [0.717, 1.165) is 19.4 Å². The zero-order valence-corrected chi connectivity index (χ0v) is 13.9. The molecule has 1 amide bonds. The number of nitrogens with zero attached hydrogens (tertiary/aromatic N) is 1. The monoisotopic (exact) mass is 305 g/mol. The smallest absolute Gasteiger partial charge is 0.251 e. The van der Waals surface area contributed by atoms with Crippen molar-refractivity contribution in [3.8, 4) is 0 Å². The highest BCUT2D eigenvalue weighted by molar-refractivity contribution is 5.80. The van der Waals surface area contributed by atoms with Crippen LogP contribution in [-0.2, 0) is 20.8 Å². The number of ether oxygens (including phenoxy) is 2. The molecule has 1 heterocycles. The second-order valence-electron chi connectivity index (χ2n) is 6.08. The van der Waals surface area contributed by atoms with Gasteiger partial charge in [-0.05, 0) is 44.2 Å². The average Bonchev–Trinajstić information content (AvgIpc) is 2.55. The summed E-state index contributed by atoms with van der Waals surface area (Å²) < 4.78 is 11.3. The lowest BCUT2D eigenvalue weighted by Gasteiger charge is -2.26. The van der Waals surface area contributed by atoms with Crippen LogP contribution in [0.5, 0.6) is 0 Å². The zero-order valence-electron chi connectivity index (χ0n) is 13.9. The van der Waals surface area contributed by atoms with E-state index in [1.807, 2.05) is 26.1 Å². The summed E-state index contributed by atoms with van der Waals surface area (Å²) in [7, 11) is 1.83. The Kier molecular flexibility index (Phi) is 6.40. The first kappa shape index (κ1) is 17.0. The van der Waals surface area contributed by atoms with Crippen LogP contribution in [0.1, 0.15) is 37.3 Å². The Morgan fingerprint density at radius 2 is 2.18 bits per heavy atom. The Bertz CT molecular complexity index is 483. The lowest BCUT2D eigenvalue weighted by Crippen LogP contribution is -2.38. The predicted molar refractivity (Wildman–Crippen MR) is 86.7 cm³/mol. The standard InChI is InChI=1S/C18H27NO3/c1-14-8-4-5-9-16(14)12-19(3)18(20)15(2)22-13-17-10-6-7-11-21-17/h4-5,8-9,15,17H,6-7,10-13H2,1-3H3/t15-,17-/m1/s1. The van der Waals surface area contributed by atoms with Gasteiger partial charge in [-0.15, -0.1) is 0 Å². The van der Waals surface area contributed by atoms with Crippen molar-refractivity contribution in [3.05, 3.63) is 35.4 Å². The Hall–Kier alpha value is -1.39. The molecular weight excluding hydrogens is 278 g/mol. The molecule has 1 aliphatic rings. The maximum Gasteiger partial charge on any atom is 0.251 e. The minimum Gasteiger partial charge on any atom is -0.376 e. The molecule has 0 saturated carbocycles. The topological polar surface area (TPSA) is 38.8 Å². The van der Waals surface area contributed by atoms with Crippen molar-refractivity contribution >= 4 is 5.91 Å². The second kappa shape index (κ2) is 8.30. The normalized spacial score (nSPS) is 19.7. The average molecular weight is 305 g/mol. The molecule has 4 nitrogen and oxygen atoms in total. The highest BCUT2D eigenvalue weighted by atomic mass is 16.5. The van der Waals surface area contributed by atoms with E-state index in [9.17, 15) is 4.79 Å². The first-order chi connectivity index (χ1) is 10.6. The van der Waals surface area contributed by atoms with Crippen LogP contribution in [0.15, 0.2) is 24.3 Å². The second-order valence-corrected chi connectivity index (χ2v) is 6.08. The summed E-state index contributed by atoms with van der Waals surface area (Å²) in [5.41, 5.74) is 2.37. The molecule has 0 unspecified atom stereocenters. The maximum atomic E-state index is 12.4. The molecule has 2 atom stereocenters. The Balaban J connectivity index is 1.80. The SMILES string of the molecule is Cc1ccccc1CN(C)C(=O)[C@@H](C)OC[C@H]1CCCCO1. The van der Waals surface area contributed by atoms with Crippen molar-refractivity contribution in [1.82, 2.24) is 4.90 Å². The van der Waals surface area contributed by atoms with Gasteiger partial charge in [0.15, 0.2) is 0 Å². The third-order valence-corrected chi connectivity index (χ3v) is 4.20. The van der Waals surface area contributed by atoms with Crippen LogP contribution in [0.3, 0.4) is 0 Å². The van der Waals surface area contributed by atoms with Gasteiger partial charge in [0.05, 0.1) is 12.7 Å². The molecule has 22 heavy (non-hydrogen) atoms. The van der Waals surface area contributed by atoms with E-state index in [4.69, 9.17) is 9.47 Å². The molecule has 1 aromatic carbocycles. The number of carbonyl (C=O) groups excluding carboxylic acids is 1. The molecule has 0 N–H and O–H groups in total. The molecule has 0 aliphatic carbocycles. The van der Waals surface area contributed by atoms with Crippen LogP contribution in [0.4, 0.5) is 0 Å². The fourth-order valence-electron chi connectivity index (χ4n) is 2.69. The highest BCUT2D eigenvalue weighted by Gasteiger charge is 2.21. The van der Waals surface area contributed by atoms with E-state index in [0.29, 0.717) is 13.2 Å². The van der Waals surface area contributed by atoms with Gasteiger partial charge < -0.3 is 14.4 Å². The van der Waals surface area contributed by atoms with Crippen LogP contribution in [0, 0.1) is 6.92 Å². The van der Waals surface area contributed by atoms with Gasteiger partial charge in [-0.25, -0.2) is 0 Å². The quantitative estimate of drug-likeness (QED) is 0.811. The van der Waals surface area contributed by atoms with E-state index >= 15 is 0 Å². The number of aryl methyl sites for hydroxylation is 1. The number of likely N-dealkylation sites (N-methyl/N-ethyl adjacent to an activating group) is 1. The van der Waals surface area contributed by atoms with Gasteiger partial charge in [0.2, 0.25) is 0 Å². The van der Waals surface area contributed by atoms with Crippen LogP contribution < -0.4 is 0 Å². The molecule has 0 spiro atoms. The summed E-state index contributed by atoms with van der Waals surface area (Å²) in [5, 5.41) is 0. The maximum absolute atomic E-state index is 12.4. The van der Waals surface area contributed by atoms with Gasteiger partial charge in [-0.2, -0.15) is 0 Å². The van der Waals surface area contributed by atoms with Crippen LogP contribution in [0.25, 0.3) is 0 Å². The minimum absolute atomic E-state index is 0.0130.